The average molecular weight is 441 g/mol. The van der Waals surface area contributed by atoms with Crippen LogP contribution in [-0.2, 0) is 10.0 Å². The molecule has 0 unspecified atom stereocenters. The van der Waals surface area contributed by atoms with Gasteiger partial charge in [0.2, 0.25) is 5.13 Å². The van der Waals surface area contributed by atoms with Crippen LogP contribution in [-0.4, -0.2) is 30.8 Å². The molecule has 0 aliphatic heterocycles. The Hall–Kier alpha value is -2.14. The summed E-state index contributed by atoms with van der Waals surface area (Å²) in [6.45, 7) is 0. The van der Waals surface area contributed by atoms with Crippen LogP contribution in [0.3, 0.4) is 0 Å². The molecule has 0 radical (unpaired) electrons. The van der Waals surface area contributed by atoms with Crippen molar-refractivity contribution in [3.8, 4) is 0 Å². The number of amides is 1. The molecule has 0 fully saturated rings. The monoisotopic (exact) mass is 440 g/mol. The Morgan fingerprint density at radius 3 is 2.59 bits per heavy atom. The number of halogens is 1. The molecule has 1 aromatic heterocycles. The molecule has 0 atom stereocenters. The molecule has 0 spiro atoms. The fourth-order valence-corrected chi connectivity index (χ4v) is 4.56. The molecule has 3 rings (SSSR count). The van der Waals surface area contributed by atoms with Gasteiger partial charge in [0.25, 0.3) is 20.3 Å². The van der Waals surface area contributed by atoms with E-state index in [1.54, 1.807) is 42.5 Å². The number of carbonyl (C=O) groups excluding carboxylic acids is 1. The lowest BCUT2D eigenvalue weighted by molar-refractivity contribution is 0.102. The molecule has 0 aliphatic rings. The molecular weight excluding hydrogens is 428 g/mol. The second kappa shape index (κ2) is 8.26. The molecule has 0 bridgehead atoms. The van der Waals surface area contributed by atoms with Gasteiger partial charge in [0.05, 0.1) is 5.69 Å². The Morgan fingerprint density at radius 2 is 1.89 bits per heavy atom. The highest BCUT2D eigenvalue weighted by molar-refractivity contribution is 7.98. The van der Waals surface area contributed by atoms with Crippen molar-refractivity contribution in [3.63, 3.8) is 0 Å². The Morgan fingerprint density at radius 1 is 1.15 bits per heavy atom. The van der Waals surface area contributed by atoms with E-state index in [0.29, 0.717) is 16.3 Å². The summed E-state index contributed by atoms with van der Waals surface area (Å²) < 4.78 is 27.1. The smallest absolute Gasteiger partial charge is 0.291 e. The van der Waals surface area contributed by atoms with Crippen molar-refractivity contribution in [2.75, 3.05) is 16.3 Å². The van der Waals surface area contributed by atoms with Crippen LogP contribution < -0.4 is 10.0 Å². The van der Waals surface area contributed by atoms with Gasteiger partial charge in [0, 0.05) is 15.5 Å². The number of nitrogens with zero attached hydrogens (tertiary/aromatic N) is 2. The number of thioether (sulfide) groups is 1. The van der Waals surface area contributed by atoms with Crippen molar-refractivity contribution in [1.29, 1.82) is 0 Å². The van der Waals surface area contributed by atoms with Crippen LogP contribution >= 0.6 is 34.7 Å². The Balaban J connectivity index is 1.73. The van der Waals surface area contributed by atoms with Crippen molar-refractivity contribution in [2.24, 2.45) is 0 Å². The minimum Gasteiger partial charge on any atom is -0.296 e. The van der Waals surface area contributed by atoms with E-state index >= 15 is 0 Å². The molecule has 0 saturated carbocycles. The van der Waals surface area contributed by atoms with Gasteiger partial charge < -0.3 is 0 Å². The second-order valence-electron chi connectivity index (χ2n) is 5.17. The van der Waals surface area contributed by atoms with Crippen LogP contribution in [0.15, 0.2) is 57.8 Å². The fraction of sp³-hybridized carbons (Fsp3) is 0.0625. The fourth-order valence-electron chi connectivity index (χ4n) is 2.02. The lowest BCUT2D eigenvalue weighted by atomic mass is 10.2. The summed E-state index contributed by atoms with van der Waals surface area (Å²) in [5.41, 5.74) is 0.787. The van der Waals surface area contributed by atoms with Crippen molar-refractivity contribution in [2.45, 2.75) is 9.24 Å². The zero-order valence-corrected chi connectivity index (χ0v) is 17.0. The third-order valence-electron chi connectivity index (χ3n) is 3.29. The molecular formula is C16H13ClN4O3S3. The molecule has 0 saturated heterocycles. The largest absolute Gasteiger partial charge is 0.296 e. The molecule has 7 nitrogen and oxygen atoms in total. The highest BCUT2D eigenvalue weighted by atomic mass is 35.5. The maximum absolute atomic E-state index is 12.5. The van der Waals surface area contributed by atoms with Crippen LogP contribution in [0, 0.1) is 0 Å². The summed E-state index contributed by atoms with van der Waals surface area (Å²) in [5, 5.41) is 10.5. The van der Waals surface area contributed by atoms with Crippen LogP contribution in [0.25, 0.3) is 0 Å². The summed E-state index contributed by atoms with van der Waals surface area (Å²) >= 11 is 8.05. The van der Waals surface area contributed by atoms with Gasteiger partial charge in [-0.3, -0.25) is 14.8 Å². The maximum Gasteiger partial charge on any atom is 0.291 e. The number of rotatable bonds is 6. The van der Waals surface area contributed by atoms with Crippen molar-refractivity contribution in [3.05, 3.63) is 59.1 Å². The number of sulfonamides is 1. The highest BCUT2D eigenvalue weighted by Crippen LogP contribution is 2.25. The first-order valence-electron chi connectivity index (χ1n) is 7.45. The number of nitrogens with one attached hydrogen (secondary N) is 2. The number of carbonyl (C=O) groups is 1. The first-order chi connectivity index (χ1) is 12.9. The molecule has 11 heteroatoms. The van der Waals surface area contributed by atoms with Crippen molar-refractivity contribution in [1.82, 2.24) is 10.2 Å². The molecule has 2 N–H and O–H groups in total. The Labute approximate surface area is 169 Å². The van der Waals surface area contributed by atoms with Gasteiger partial charge in [0.1, 0.15) is 0 Å². The third-order valence-corrected chi connectivity index (χ3v) is 6.85. The quantitative estimate of drug-likeness (QED) is 0.444. The summed E-state index contributed by atoms with van der Waals surface area (Å²) in [7, 11) is -3.91. The predicted molar refractivity (Wildman–Crippen MR) is 108 cm³/mol. The van der Waals surface area contributed by atoms with E-state index in [0.717, 1.165) is 16.2 Å². The lowest BCUT2D eigenvalue weighted by Crippen LogP contribution is -2.12. The number of anilines is 2. The first kappa shape index (κ1) is 19.6. The van der Waals surface area contributed by atoms with E-state index in [-0.39, 0.29) is 9.47 Å². The zero-order chi connectivity index (χ0) is 19.4. The van der Waals surface area contributed by atoms with Gasteiger partial charge in [-0.15, -0.1) is 22.0 Å². The third kappa shape index (κ3) is 4.98. The van der Waals surface area contributed by atoms with Crippen LogP contribution in [0.4, 0.5) is 10.8 Å². The van der Waals surface area contributed by atoms with Gasteiger partial charge in [-0.2, -0.15) is 8.42 Å². The SMILES string of the molecule is CSc1cccc(NS(=O)(=O)c2nnc(NC(=O)c3ccc(Cl)cc3)s2)c1. The average Bonchev–Trinajstić information content (AvgIpc) is 3.11. The topological polar surface area (TPSA) is 101 Å². The van der Waals surface area contributed by atoms with Crippen LogP contribution in [0.5, 0.6) is 0 Å². The highest BCUT2D eigenvalue weighted by Gasteiger charge is 2.21. The van der Waals surface area contributed by atoms with Gasteiger partial charge in [-0.1, -0.05) is 29.0 Å². The summed E-state index contributed by atoms with van der Waals surface area (Å²) in [6.07, 6.45) is 1.90. The molecule has 1 amide bonds. The number of hydrogen-bond acceptors (Lipinski definition) is 7. The summed E-state index contributed by atoms with van der Waals surface area (Å²) in [5.74, 6) is -0.438. The molecule has 27 heavy (non-hydrogen) atoms. The minimum atomic E-state index is -3.91. The lowest BCUT2D eigenvalue weighted by Gasteiger charge is -2.06. The van der Waals surface area contributed by atoms with Gasteiger partial charge in [0.15, 0.2) is 0 Å². The van der Waals surface area contributed by atoms with E-state index in [4.69, 9.17) is 11.6 Å². The zero-order valence-electron chi connectivity index (χ0n) is 13.8. The maximum atomic E-state index is 12.5. The van der Waals surface area contributed by atoms with E-state index in [2.05, 4.69) is 20.2 Å². The molecule has 0 aliphatic carbocycles. The Kier molecular flexibility index (Phi) is 6.00. The van der Waals surface area contributed by atoms with Crippen LogP contribution in [0.1, 0.15) is 10.4 Å². The van der Waals surface area contributed by atoms with Gasteiger partial charge in [-0.25, -0.2) is 0 Å². The van der Waals surface area contributed by atoms with E-state index < -0.39 is 15.9 Å². The van der Waals surface area contributed by atoms with Crippen molar-refractivity contribution >= 4 is 61.4 Å². The number of aromatic nitrogens is 2. The number of hydrogen-bond donors (Lipinski definition) is 2. The predicted octanol–water partition coefficient (Wildman–Crippen LogP) is 3.97. The van der Waals surface area contributed by atoms with E-state index in [1.807, 2.05) is 12.3 Å². The standard InChI is InChI=1S/C16H13ClN4O3S3/c1-25-13-4-2-3-12(9-13)21-27(23,24)16-20-19-15(26-16)18-14(22)10-5-7-11(17)8-6-10/h2-9,21H,1H3,(H,18,19,22). The summed E-state index contributed by atoms with van der Waals surface area (Å²) in [6, 6.07) is 13.2. The molecule has 1 heterocycles. The molecule has 3 aromatic rings. The minimum absolute atomic E-state index is 0.0770. The molecule has 140 valence electrons. The van der Waals surface area contributed by atoms with Gasteiger partial charge in [-0.05, 0) is 48.7 Å². The van der Waals surface area contributed by atoms with Crippen LogP contribution in [0.2, 0.25) is 5.02 Å². The Bertz CT molecular complexity index is 1070. The normalized spacial score (nSPS) is 11.2. The summed E-state index contributed by atoms with van der Waals surface area (Å²) in [4.78, 5) is 13.1. The van der Waals surface area contributed by atoms with E-state index in [9.17, 15) is 13.2 Å². The molecule has 2 aromatic carbocycles. The first-order valence-corrected chi connectivity index (χ1v) is 11.3. The number of benzene rings is 2. The van der Waals surface area contributed by atoms with Gasteiger partial charge >= 0.3 is 0 Å². The second-order valence-corrected chi connectivity index (χ2v) is 9.32. The van der Waals surface area contributed by atoms with Crippen molar-refractivity contribution < 1.29 is 13.2 Å². The van der Waals surface area contributed by atoms with E-state index in [1.165, 1.54) is 11.8 Å².